The van der Waals surface area contributed by atoms with Crippen molar-refractivity contribution >= 4 is 44.9 Å². The fourth-order valence-electron chi connectivity index (χ4n) is 2.55. The topological polar surface area (TPSA) is 67.4 Å². The summed E-state index contributed by atoms with van der Waals surface area (Å²) in [7, 11) is 0. The van der Waals surface area contributed by atoms with E-state index in [4.69, 9.17) is 16.3 Å². The van der Waals surface area contributed by atoms with Gasteiger partial charge in [-0.05, 0) is 24.1 Å². The number of aromatic nitrogens is 2. The standard InChI is InChI=1S/C15H19ClN4O2S/c1-3-11(21)17-8-10-9(2)12-13(23-10)14(19-15(16)18-12)20-4-6-22-7-5-20/h3-8H2,1-2H3,(H,17,21). The van der Waals surface area contributed by atoms with Gasteiger partial charge in [-0.2, -0.15) is 4.98 Å². The quantitative estimate of drug-likeness (QED) is 0.854. The summed E-state index contributed by atoms with van der Waals surface area (Å²) in [6.45, 7) is 7.33. The molecule has 1 amide bonds. The molecule has 0 unspecified atom stereocenters. The van der Waals surface area contributed by atoms with Crippen LogP contribution in [0, 0.1) is 6.92 Å². The molecule has 0 bridgehead atoms. The molecule has 124 valence electrons. The predicted molar refractivity (Wildman–Crippen MR) is 92.3 cm³/mol. The molecule has 1 aliphatic rings. The SMILES string of the molecule is CCC(=O)NCc1sc2c(N3CCOCC3)nc(Cl)nc2c1C. The van der Waals surface area contributed by atoms with E-state index in [0.29, 0.717) is 26.2 Å². The van der Waals surface area contributed by atoms with Gasteiger partial charge < -0.3 is 15.0 Å². The van der Waals surface area contributed by atoms with Crippen LogP contribution in [0.25, 0.3) is 10.2 Å². The first kappa shape index (κ1) is 16.4. The molecule has 2 aromatic heterocycles. The zero-order valence-electron chi connectivity index (χ0n) is 13.2. The minimum absolute atomic E-state index is 0.0411. The molecule has 8 heteroatoms. The predicted octanol–water partition coefficient (Wildman–Crippen LogP) is 2.52. The van der Waals surface area contributed by atoms with Crippen LogP contribution in [0.4, 0.5) is 5.82 Å². The fraction of sp³-hybridized carbons (Fsp3) is 0.533. The summed E-state index contributed by atoms with van der Waals surface area (Å²) in [6.07, 6.45) is 0.481. The number of ether oxygens (including phenoxy) is 1. The van der Waals surface area contributed by atoms with Gasteiger partial charge >= 0.3 is 0 Å². The molecule has 23 heavy (non-hydrogen) atoms. The van der Waals surface area contributed by atoms with Crippen molar-refractivity contribution in [2.75, 3.05) is 31.2 Å². The van der Waals surface area contributed by atoms with Crippen molar-refractivity contribution in [2.24, 2.45) is 0 Å². The third-order valence-electron chi connectivity index (χ3n) is 3.90. The van der Waals surface area contributed by atoms with Gasteiger partial charge in [0, 0.05) is 24.4 Å². The average Bonchev–Trinajstić information content (AvgIpc) is 2.89. The number of hydrogen-bond donors (Lipinski definition) is 1. The Balaban J connectivity index is 1.98. The summed E-state index contributed by atoms with van der Waals surface area (Å²) in [6, 6.07) is 0. The molecule has 0 aliphatic carbocycles. The lowest BCUT2D eigenvalue weighted by atomic mass is 10.2. The molecule has 3 rings (SSSR count). The van der Waals surface area contributed by atoms with E-state index in [2.05, 4.69) is 20.2 Å². The van der Waals surface area contributed by atoms with E-state index in [0.717, 1.165) is 39.6 Å². The Morgan fingerprint density at radius 3 is 2.83 bits per heavy atom. The van der Waals surface area contributed by atoms with Gasteiger partial charge in [0.25, 0.3) is 0 Å². The Morgan fingerprint density at radius 1 is 1.39 bits per heavy atom. The highest BCUT2D eigenvalue weighted by Gasteiger charge is 2.21. The van der Waals surface area contributed by atoms with Gasteiger partial charge in [0.2, 0.25) is 11.2 Å². The number of halogens is 1. The minimum Gasteiger partial charge on any atom is -0.378 e. The molecule has 1 aliphatic heterocycles. The van der Waals surface area contributed by atoms with Crippen molar-refractivity contribution in [1.29, 1.82) is 0 Å². The van der Waals surface area contributed by atoms with Gasteiger partial charge in [0.15, 0.2) is 5.82 Å². The largest absolute Gasteiger partial charge is 0.378 e. The number of nitrogens with one attached hydrogen (secondary N) is 1. The average molecular weight is 355 g/mol. The Labute approximate surface area is 143 Å². The number of hydrogen-bond acceptors (Lipinski definition) is 6. The minimum atomic E-state index is 0.0411. The maximum Gasteiger partial charge on any atom is 0.224 e. The molecule has 3 heterocycles. The molecule has 1 fully saturated rings. The Bertz CT molecular complexity index is 728. The maximum absolute atomic E-state index is 11.5. The molecule has 6 nitrogen and oxygen atoms in total. The second kappa shape index (κ2) is 6.98. The number of fused-ring (bicyclic) bond motifs is 1. The summed E-state index contributed by atoms with van der Waals surface area (Å²) in [5.74, 6) is 0.906. The number of aryl methyl sites for hydroxylation is 1. The number of morpholine rings is 1. The molecule has 0 atom stereocenters. The first-order valence-corrected chi connectivity index (χ1v) is 8.84. The summed E-state index contributed by atoms with van der Waals surface area (Å²) >= 11 is 7.75. The van der Waals surface area contributed by atoms with E-state index in [1.165, 1.54) is 0 Å². The summed E-state index contributed by atoms with van der Waals surface area (Å²) in [5.41, 5.74) is 1.93. The highest BCUT2D eigenvalue weighted by atomic mass is 35.5. The summed E-state index contributed by atoms with van der Waals surface area (Å²) in [5, 5.41) is 3.17. The zero-order valence-corrected chi connectivity index (χ0v) is 14.8. The van der Waals surface area contributed by atoms with Crippen molar-refractivity contribution < 1.29 is 9.53 Å². The van der Waals surface area contributed by atoms with Crippen LogP contribution in [-0.2, 0) is 16.1 Å². The van der Waals surface area contributed by atoms with Crippen LogP contribution in [0.15, 0.2) is 0 Å². The first-order chi connectivity index (χ1) is 11.1. The lowest BCUT2D eigenvalue weighted by Crippen LogP contribution is -2.36. The maximum atomic E-state index is 11.5. The molecule has 1 N–H and O–H groups in total. The van der Waals surface area contributed by atoms with Gasteiger partial charge in [0.05, 0.1) is 30.0 Å². The fourth-order valence-corrected chi connectivity index (χ4v) is 3.92. The molecular weight excluding hydrogens is 336 g/mol. The number of thiophene rings is 1. The van der Waals surface area contributed by atoms with Crippen LogP contribution in [0.3, 0.4) is 0 Å². The van der Waals surface area contributed by atoms with E-state index in [-0.39, 0.29) is 11.2 Å². The van der Waals surface area contributed by atoms with Crippen LogP contribution in [0.2, 0.25) is 5.28 Å². The van der Waals surface area contributed by atoms with Crippen LogP contribution in [-0.4, -0.2) is 42.2 Å². The molecule has 1 saturated heterocycles. The molecule has 0 spiro atoms. The van der Waals surface area contributed by atoms with Gasteiger partial charge in [-0.1, -0.05) is 6.92 Å². The van der Waals surface area contributed by atoms with E-state index in [1.807, 2.05) is 13.8 Å². The number of rotatable bonds is 4. The third kappa shape index (κ3) is 3.41. The van der Waals surface area contributed by atoms with Crippen LogP contribution in [0.1, 0.15) is 23.8 Å². The lowest BCUT2D eigenvalue weighted by Gasteiger charge is -2.28. The summed E-state index contributed by atoms with van der Waals surface area (Å²) < 4.78 is 6.43. The normalized spacial score (nSPS) is 15.2. The zero-order chi connectivity index (χ0) is 16.4. The highest BCUT2D eigenvalue weighted by molar-refractivity contribution is 7.19. The monoisotopic (exact) mass is 354 g/mol. The van der Waals surface area contributed by atoms with Crippen molar-refractivity contribution in [2.45, 2.75) is 26.8 Å². The molecule has 2 aromatic rings. The third-order valence-corrected chi connectivity index (χ3v) is 5.34. The Kier molecular flexibility index (Phi) is 4.99. The second-order valence-electron chi connectivity index (χ2n) is 5.37. The molecule has 0 radical (unpaired) electrons. The number of amides is 1. The van der Waals surface area contributed by atoms with Gasteiger partial charge in [-0.25, -0.2) is 4.98 Å². The van der Waals surface area contributed by atoms with Crippen molar-refractivity contribution in [1.82, 2.24) is 15.3 Å². The van der Waals surface area contributed by atoms with E-state index >= 15 is 0 Å². The van der Waals surface area contributed by atoms with E-state index < -0.39 is 0 Å². The number of nitrogens with zero attached hydrogens (tertiary/aromatic N) is 3. The molecular formula is C15H19ClN4O2S. The molecule has 0 saturated carbocycles. The van der Waals surface area contributed by atoms with Gasteiger partial charge in [-0.15, -0.1) is 11.3 Å². The number of anilines is 1. The van der Waals surface area contributed by atoms with E-state index in [1.54, 1.807) is 11.3 Å². The second-order valence-corrected chi connectivity index (χ2v) is 6.82. The number of carbonyl (C=O) groups is 1. The van der Waals surface area contributed by atoms with Crippen molar-refractivity contribution in [3.63, 3.8) is 0 Å². The smallest absolute Gasteiger partial charge is 0.224 e. The van der Waals surface area contributed by atoms with Crippen LogP contribution >= 0.6 is 22.9 Å². The lowest BCUT2D eigenvalue weighted by molar-refractivity contribution is -0.120. The Hall–Kier alpha value is -1.44. The number of carbonyl (C=O) groups excluding carboxylic acids is 1. The van der Waals surface area contributed by atoms with Gasteiger partial charge in [0.1, 0.15) is 0 Å². The molecule has 0 aromatic carbocycles. The summed E-state index contributed by atoms with van der Waals surface area (Å²) in [4.78, 5) is 23.6. The van der Waals surface area contributed by atoms with Crippen molar-refractivity contribution in [3.05, 3.63) is 15.7 Å². The van der Waals surface area contributed by atoms with E-state index in [9.17, 15) is 4.79 Å². The Morgan fingerprint density at radius 2 is 2.13 bits per heavy atom. The van der Waals surface area contributed by atoms with Crippen molar-refractivity contribution in [3.8, 4) is 0 Å². The first-order valence-electron chi connectivity index (χ1n) is 7.65. The van der Waals surface area contributed by atoms with Gasteiger partial charge in [-0.3, -0.25) is 4.79 Å². The van der Waals surface area contributed by atoms with Crippen LogP contribution < -0.4 is 10.2 Å². The van der Waals surface area contributed by atoms with Crippen LogP contribution in [0.5, 0.6) is 0 Å². The highest BCUT2D eigenvalue weighted by Crippen LogP contribution is 2.36.